The van der Waals surface area contributed by atoms with Crippen molar-refractivity contribution in [2.24, 2.45) is 5.92 Å². The van der Waals surface area contributed by atoms with E-state index in [4.69, 9.17) is 4.42 Å². The minimum Gasteiger partial charge on any atom is -0.467 e. The highest BCUT2D eigenvalue weighted by atomic mass is 32.1. The monoisotopic (exact) mass is 423 g/mol. The van der Waals surface area contributed by atoms with Crippen LogP contribution < -0.4 is 5.32 Å². The summed E-state index contributed by atoms with van der Waals surface area (Å²) < 4.78 is 5.23. The lowest BCUT2D eigenvalue weighted by Gasteiger charge is -2.31. The molecule has 0 radical (unpaired) electrons. The van der Waals surface area contributed by atoms with Crippen molar-refractivity contribution in [3.05, 3.63) is 65.1 Å². The van der Waals surface area contributed by atoms with Crippen LogP contribution in [0.3, 0.4) is 0 Å². The molecule has 156 valence electrons. The lowest BCUT2D eigenvalue weighted by Crippen LogP contribution is -2.39. The second kappa shape index (κ2) is 9.26. The van der Waals surface area contributed by atoms with Gasteiger partial charge < -0.3 is 14.6 Å². The third kappa shape index (κ3) is 4.79. The Kier molecular flexibility index (Phi) is 6.28. The van der Waals surface area contributed by atoms with Crippen LogP contribution in [0.15, 0.2) is 53.1 Å². The second-order valence-electron chi connectivity index (χ2n) is 7.60. The second-order valence-corrected chi connectivity index (χ2v) is 8.59. The zero-order valence-electron chi connectivity index (χ0n) is 17.0. The highest BCUT2D eigenvalue weighted by molar-refractivity contribution is 7.17. The van der Waals surface area contributed by atoms with Crippen LogP contribution in [0.1, 0.15) is 40.4 Å². The van der Waals surface area contributed by atoms with Crippen molar-refractivity contribution in [3.8, 4) is 10.6 Å². The molecule has 2 aromatic heterocycles. The van der Waals surface area contributed by atoms with E-state index >= 15 is 0 Å². The van der Waals surface area contributed by atoms with Gasteiger partial charge >= 0.3 is 0 Å². The van der Waals surface area contributed by atoms with Gasteiger partial charge in [-0.25, -0.2) is 4.98 Å². The molecule has 1 aromatic carbocycles. The van der Waals surface area contributed by atoms with Crippen molar-refractivity contribution in [2.45, 2.75) is 32.7 Å². The Morgan fingerprint density at radius 3 is 2.63 bits per heavy atom. The summed E-state index contributed by atoms with van der Waals surface area (Å²) in [5, 5.41) is 3.77. The van der Waals surface area contributed by atoms with E-state index in [0.29, 0.717) is 36.9 Å². The van der Waals surface area contributed by atoms with Crippen LogP contribution in [0, 0.1) is 12.8 Å². The summed E-state index contributed by atoms with van der Waals surface area (Å²) in [6.07, 6.45) is 3.76. The third-order valence-electron chi connectivity index (χ3n) is 5.43. The molecular formula is C23H25N3O3S. The number of piperidine rings is 1. The number of hydrogen-bond donors (Lipinski definition) is 1. The van der Waals surface area contributed by atoms with Crippen LogP contribution in [0.5, 0.6) is 0 Å². The fourth-order valence-electron chi connectivity index (χ4n) is 3.72. The van der Waals surface area contributed by atoms with Gasteiger partial charge in [0.1, 0.15) is 15.6 Å². The van der Waals surface area contributed by atoms with Gasteiger partial charge in [-0.3, -0.25) is 9.59 Å². The Balaban J connectivity index is 1.29. The van der Waals surface area contributed by atoms with Crippen LogP contribution in [0.2, 0.25) is 0 Å². The van der Waals surface area contributed by atoms with E-state index in [2.05, 4.69) is 10.3 Å². The molecule has 30 heavy (non-hydrogen) atoms. The normalized spacial score (nSPS) is 14.6. The van der Waals surface area contributed by atoms with E-state index in [0.717, 1.165) is 34.9 Å². The summed E-state index contributed by atoms with van der Waals surface area (Å²) >= 11 is 1.46. The number of hydrogen-bond acceptors (Lipinski definition) is 5. The van der Waals surface area contributed by atoms with Crippen molar-refractivity contribution in [1.82, 2.24) is 15.2 Å². The van der Waals surface area contributed by atoms with Crippen molar-refractivity contribution in [1.29, 1.82) is 0 Å². The van der Waals surface area contributed by atoms with E-state index < -0.39 is 0 Å². The Labute approximate surface area is 179 Å². The summed E-state index contributed by atoms with van der Waals surface area (Å²) in [6.45, 7) is 3.66. The first-order chi connectivity index (χ1) is 14.6. The van der Waals surface area contributed by atoms with E-state index in [1.807, 2.05) is 54.3 Å². The highest BCUT2D eigenvalue weighted by Crippen LogP contribution is 2.30. The average molecular weight is 424 g/mol. The lowest BCUT2D eigenvalue weighted by molar-refractivity contribution is -0.122. The molecule has 1 aliphatic rings. The SMILES string of the molecule is Cc1nc(-c2ccccc2)sc1C(=O)N1CCC(CC(=O)NCc2ccco2)CC1. The first-order valence-corrected chi connectivity index (χ1v) is 11.0. The fraction of sp³-hybridized carbons (Fsp3) is 0.348. The summed E-state index contributed by atoms with van der Waals surface area (Å²) in [7, 11) is 0. The maximum absolute atomic E-state index is 13.0. The molecule has 1 aliphatic heterocycles. The predicted molar refractivity (Wildman–Crippen MR) is 116 cm³/mol. The Morgan fingerprint density at radius 1 is 1.17 bits per heavy atom. The quantitative estimate of drug-likeness (QED) is 0.642. The van der Waals surface area contributed by atoms with Gasteiger partial charge in [0.05, 0.1) is 18.5 Å². The smallest absolute Gasteiger partial charge is 0.265 e. The van der Waals surface area contributed by atoms with Gasteiger partial charge in [0, 0.05) is 25.1 Å². The van der Waals surface area contributed by atoms with E-state index in [1.54, 1.807) is 6.26 Å². The predicted octanol–water partition coefficient (Wildman–Crippen LogP) is 4.27. The van der Waals surface area contributed by atoms with Gasteiger partial charge in [-0.05, 0) is 37.8 Å². The van der Waals surface area contributed by atoms with Crippen LogP contribution in [0.4, 0.5) is 0 Å². The molecular weight excluding hydrogens is 398 g/mol. The minimum absolute atomic E-state index is 0.0296. The third-order valence-corrected chi connectivity index (χ3v) is 6.62. The van der Waals surface area contributed by atoms with Gasteiger partial charge in [-0.15, -0.1) is 11.3 Å². The summed E-state index contributed by atoms with van der Waals surface area (Å²) in [4.78, 5) is 32.4. The van der Waals surface area contributed by atoms with Crippen LogP contribution in [-0.4, -0.2) is 34.8 Å². The average Bonchev–Trinajstić information content (AvgIpc) is 3.43. The maximum Gasteiger partial charge on any atom is 0.265 e. The number of benzene rings is 1. The van der Waals surface area contributed by atoms with Crippen LogP contribution in [-0.2, 0) is 11.3 Å². The molecule has 3 aromatic rings. The molecule has 6 nitrogen and oxygen atoms in total. The first kappa shape index (κ1) is 20.3. The molecule has 3 heterocycles. The highest BCUT2D eigenvalue weighted by Gasteiger charge is 2.27. The number of carbonyl (C=O) groups is 2. The number of nitrogens with zero attached hydrogens (tertiary/aromatic N) is 2. The largest absolute Gasteiger partial charge is 0.467 e. The zero-order chi connectivity index (χ0) is 20.9. The van der Waals surface area contributed by atoms with E-state index in [9.17, 15) is 9.59 Å². The molecule has 0 unspecified atom stereocenters. The summed E-state index contributed by atoms with van der Waals surface area (Å²) in [5.41, 5.74) is 1.81. The van der Waals surface area contributed by atoms with Gasteiger partial charge in [-0.1, -0.05) is 30.3 Å². The standard InChI is InChI=1S/C23H25N3O3S/c1-16-21(30-22(25-16)18-6-3-2-4-7-18)23(28)26-11-9-17(10-12-26)14-20(27)24-15-19-8-5-13-29-19/h2-8,13,17H,9-12,14-15H2,1H3,(H,24,27). The molecule has 0 atom stereocenters. The number of rotatable bonds is 6. The Bertz CT molecular complexity index is 990. The van der Waals surface area contributed by atoms with Gasteiger partial charge in [0.25, 0.3) is 5.91 Å². The first-order valence-electron chi connectivity index (χ1n) is 10.2. The minimum atomic E-state index is 0.0296. The van der Waals surface area contributed by atoms with Crippen molar-refractivity contribution in [2.75, 3.05) is 13.1 Å². The summed E-state index contributed by atoms with van der Waals surface area (Å²) in [6, 6.07) is 13.6. The molecule has 1 N–H and O–H groups in total. The number of nitrogens with one attached hydrogen (secondary N) is 1. The Morgan fingerprint density at radius 2 is 1.93 bits per heavy atom. The number of thiazole rings is 1. The summed E-state index contributed by atoms with van der Waals surface area (Å²) in [5.74, 6) is 1.13. The molecule has 4 rings (SSSR count). The topological polar surface area (TPSA) is 75.4 Å². The molecule has 7 heteroatoms. The van der Waals surface area contributed by atoms with E-state index in [1.165, 1.54) is 11.3 Å². The van der Waals surface area contributed by atoms with Gasteiger partial charge in [0.15, 0.2) is 0 Å². The maximum atomic E-state index is 13.0. The fourth-order valence-corrected chi connectivity index (χ4v) is 4.76. The molecule has 1 fully saturated rings. The number of furan rings is 1. The number of amides is 2. The Hall–Kier alpha value is -2.93. The number of aryl methyl sites for hydroxylation is 1. The number of likely N-dealkylation sites (tertiary alicyclic amines) is 1. The van der Waals surface area contributed by atoms with E-state index in [-0.39, 0.29) is 11.8 Å². The number of carbonyl (C=O) groups excluding carboxylic acids is 2. The molecule has 0 saturated carbocycles. The van der Waals surface area contributed by atoms with Gasteiger partial charge in [0.2, 0.25) is 5.91 Å². The van der Waals surface area contributed by atoms with Crippen LogP contribution in [0.25, 0.3) is 10.6 Å². The van der Waals surface area contributed by atoms with Crippen LogP contribution >= 0.6 is 11.3 Å². The molecule has 1 saturated heterocycles. The lowest BCUT2D eigenvalue weighted by atomic mass is 9.93. The van der Waals surface area contributed by atoms with Crippen molar-refractivity contribution in [3.63, 3.8) is 0 Å². The molecule has 2 amide bonds. The van der Waals surface area contributed by atoms with Gasteiger partial charge in [-0.2, -0.15) is 0 Å². The molecule has 0 spiro atoms. The molecule has 0 bridgehead atoms. The number of aromatic nitrogens is 1. The van der Waals surface area contributed by atoms with Crippen molar-refractivity contribution >= 4 is 23.2 Å². The zero-order valence-corrected chi connectivity index (χ0v) is 17.8. The molecule has 0 aliphatic carbocycles. The van der Waals surface area contributed by atoms with Crippen molar-refractivity contribution < 1.29 is 14.0 Å².